The van der Waals surface area contributed by atoms with Gasteiger partial charge in [0.1, 0.15) is 23.4 Å². The number of hydrogen-bond acceptors (Lipinski definition) is 9. The van der Waals surface area contributed by atoms with Crippen LogP contribution in [0.15, 0.2) is 28.8 Å². The molecule has 4 rings (SSSR count). The van der Waals surface area contributed by atoms with Crippen LogP contribution in [0.2, 0.25) is 0 Å². The van der Waals surface area contributed by atoms with Crippen LogP contribution < -0.4 is 20.7 Å². The molecule has 2 saturated heterocycles. The van der Waals surface area contributed by atoms with Crippen LogP contribution in [0.25, 0.3) is 0 Å². The van der Waals surface area contributed by atoms with Gasteiger partial charge in [-0.2, -0.15) is 4.98 Å². The standard InChI is InChI=1S/C32H48N6O6/c1-21(2)28-35-30(44-36-28)37-17-14-22(15-18-37)8-7-19-42-24-12-10-23(11-13-24)20-25(34-31(41)43-32(3,4)5)29(40)38-16-6-9-26(38)27(33)39/h10-13,21-22,25-26H,6-9,14-20H2,1-5H3,(H2,33,39)(H,34,41). The number of anilines is 1. The summed E-state index contributed by atoms with van der Waals surface area (Å²) in [5, 5.41) is 6.79. The van der Waals surface area contributed by atoms with E-state index < -0.39 is 29.7 Å². The third-order valence-corrected chi connectivity index (χ3v) is 8.07. The largest absolute Gasteiger partial charge is 0.494 e. The van der Waals surface area contributed by atoms with Crippen LogP contribution in [0.3, 0.4) is 0 Å². The number of rotatable bonds is 12. The van der Waals surface area contributed by atoms with Gasteiger partial charge in [0.25, 0.3) is 0 Å². The fraction of sp³-hybridized carbons (Fsp3) is 0.656. The second-order valence-corrected chi connectivity index (χ2v) is 13.1. The predicted molar refractivity (Wildman–Crippen MR) is 165 cm³/mol. The minimum absolute atomic E-state index is 0.238. The lowest BCUT2D eigenvalue weighted by atomic mass is 9.92. The Bertz CT molecular complexity index is 1250. The molecule has 0 aliphatic carbocycles. The number of alkyl carbamates (subject to hydrolysis) is 1. The van der Waals surface area contributed by atoms with Crippen molar-refractivity contribution in [2.75, 3.05) is 31.1 Å². The molecule has 0 saturated carbocycles. The van der Waals surface area contributed by atoms with E-state index in [1.807, 2.05) is 24.3 Å². The van der Waals surface area contributed by atoms with Crippen molar-refractivity contribution in [3.63, 3.8) is 0 Å². The Morgan fingerprint density at radius 2 is 1.80 bits per heavy atom. The molecule has 2 aliphatic rings. The molecular formula is C32H48N6O6. The average Bonchev–Trinajstić information content (AvgIpc) is 3.66. The molecule has 2 atom stereocenters. The zero-order chi connectivity index (χ0) is 31.9. The van der Waals surface area contributed by atoms with Crippen LogP contribution in [0.1, 0.15) is 90.4 Å². The zero-order valence-corrected chi connectivity index (χ0v) is 26.7. The molecule has 0 bridgehead atoms. The normalized spacial score (nSPS) is 18.4. The maximum Gasteiger partial charge on any atom is 0.408 e. The molecule has 0 radical (unpaired) electrons. The number of carbonyl (C=O) groups is 3. The van der Waals surface area contributed by atoms with E-state index in [9.17, 15) is 14.4 Å². The van der Waals surface area contributed by atoms with Crippen molar-refractivity contribution in [1.82, 2.24) is 20.4 Å². The first-order chi connectivity index (χ1) is 20.9. The molecule has 242 valence electrons. The van der Waals surface area contributed by atoms with E-state index in [4.69, 9.17) is 19.7 Å². The highest BCUT2D eigenvalue weighted by molar-refractivity contribution is 5.91. The summed E-state index contributed by atoms with van der Waals surface area (Å²) in [6.07, 6.45) is 4.97. The summed E-state index contributed by atoms with van der Waals surface area (Å²) in [4.78, 5) is 46.1. The Kier molecular flexibility index (Phi) is 11.1. The zero-order valence-electron chi connectivity index (χ0n) is 26.7. The second-order valence-electron chi connectivity index (χ2n) is 13.1. The number of amides is 3. The number of nitrogens with one attached hydrogen (secondary N) is 1. The number of aromatic nitrogens is 2. The van der Waals surface area contributed by atoms with E-state index >= 15 is 0 Å². The Morgan fingerprint density at radius 3 is 2.41 bits per heavy atom. The van der Waals surface area contributed by atoms with Crippen LogP contribution in [-0.2, 0) is 20.7 Å². The maximum absolute atomic E-state index is 13.5. The Morgan fingerprint density at radius 1 is 1.09 bits per heavy atom. The van der Waals surface area contributed by atoms with Gasteiger partial charge in [-0.05, 0) is 82.9 Å². The molecule has 1 aromatic carbocycles. The van der Waals surface area contributed by atoms with E-state index in [0.29, 0.717) is 37.9 Å². The van der Waals surface area contributed by atoms with E-state index in [1.54, 1.807) is 20.8 Å². The van der Waals surface area contributed by atoms with E-state index in [-0.39, 0.29) is 18.2 Å². The van der Waals surface area contributed by atoms with Gasteiger partial charge in [-0.3, -0.25) is 9.59 Å². The molecule has 12 nitrogen and oxygen atoms in total. The maximum atomic E-state index is 13.5. The first-order valence-corrected chi connectivity index (χ1v) is 15.8. The highest BCUT2D eigenvalue weighted by atomic mass is 16.6. The molecule has 0 spiro atoms. The number of primary amides is 1. The van der Waals surface area contributed by atoms with Crippen molar-refractivity contribution < 1.29 is 28.4 Å². The lowest BCUT2D eigenvalue weighted by molar-refractivity contribution is -0.139. The lowest BCUT2D eigenvalue weighted by Gasteiger charge is -2.30. The lowest BCUT2D eigenvalue weighted by Crippen LogP contribution is -2.54. The van der Waals surface area contributed by atoms with Crippen molar-refractivity contribution in [3.05, 3.63) is 35.7 Å². The van der Waals surface area contributed by atoms with Crippen LogP contribution >= 0.6 is 0 Å². The Balaban J connectivity index is 1.24. The summed E-state index contributed by atoms with van der Waals surface area (Å²) >= 11 is 0. The van der Waals surface area contributed by atoms with E-state index in [1.165, 1.54) is 4.90 Å². The number of hydrogen-bond donors (Lipinski definition) is 2. The van der Waals surface area contributed by atoms with Crippen molar-refractivity contribution in [1.29, 1.82) is 0 Å². The van der Waals surface area contributed by atoms with Crippen LogP contribution in [0, 0.1) is 5.92 Å². The molecule has 2 fully saturated rings. The van der Waals surface area contributed by atoms with Gasteiger partial charge in [0.15, 0.2) is 5.82 Å². The van der Waals surface area contributed by atoms with Gasteiger partial charge >= 0.3 is 12.1 Å². The van der Waals surface area contributed by atoms with Crippen molar-refractivity contribution in [2.45, 2.75) is 103 Å². The average molecular weight is 613 g/mol. The molecule has 44 heavy (non-hydrogen) atoms. The quantitative estimate of drug-likeness (QED) is 0.336. The number of nitrogens with zero attached hydrogens (tertiary/aromatic N) is 4. The monoisotopic (exact) mass is 612 g/mol. The number of ether oxygens (including phenoxy) is 2. The molecular weight excluding hydrogens is 564 g/mol. The Hall–Kier alpha value is -3.83. The van der Waals surface area contributed by atoms with Crippen LogP contribution in [-0.4, -0.2) is 76.9 Å². The van der Waals surface area contributed by atoms with Gasteiger partial charge in [-0.25, -0.2) is 4.79 Å². The van der Waals surface area contributed by atoms with Gasteiger partial charge < -0.3 is 34.8 Å². The minimum atomic E-state index is -0.903. The fourth-order valence-electron chi connectivity index (χ4n) is 5.70. The van der Waals surface area contributed by atoms with Gasteiger partial charge in [0.2, 0.25) is 11.8 Å². The van der Waals surface area contributed by atoms with Crippen molar-refractivity contribution in [2.24, 2.45) is 11.7 Å². The molecule has 3 N–H and O–H groups in total. The number of benzene rings is 1. The third kappa shape index (κ3) is 9.33. The molecule has 3 heterocycles. The summed E-state index contributed by atoms with van der Waals surface area (Å²) < 4.78 is 16.8. The Labute approximate surface area is 260 Å². The van der Waals surface area contributed by atoms with E-state index in [2.05, 4.69) is 34.2 Å². The SMILES string of the molecule is CC(C)c1noc(N2CCC(CCCOc3ccc(CC(NC(=O)OC(C)(C)C)C(=O)N4CCCC4C(N)=O)cc3)CC2)n1. The van der Waals surface area contributed by atoms with Crippen LogP contribution in [0.5, 0.6) is 5.75 Å². The number of nitrogens with two attached hydrogens (primary N) is 1. The van der Waals surface area contributed by atoms with Gasteiger partial charge in [-0.15, -0.1) is 0 Å². The molecule has 2 unspecified atom stereocenters. The van der Waals surface area contributed by atoms with Gasteiger partial charge in [0.05, 0.1) is 6.61 Å². The fourth-order valence-corrected chi connectivity index (χ4v) is 5.70. The summed E-state index contributed by atoms with van der Waals surface area (Å²) in [5.74, 6) is 1.50. The molecule has 2 aromatic rings. The summed E-state index contributed by atoms with van der Waals surface area (Å²) in [6.45, 7) is 12.3. The van der Waals surface area contributed by atoms with Gasteiger partial charge in [0, 0.05) is 32.0 Å². The number of carbonyl (C=O) groups excluding carboxylic acids is 3. The summed E-state index contributed by atoms with van der Waals surface area (Å²) in [5.41, 5.74) is 5.66. The third-order valence-electron chi connectivity index (χ3n) is 8.07. The molecule has 3 amide bonds. The van der Waals surface area contributed by atoms with E-state index in [0.717, 1.165) is 55.9 Å². The highest BCUT2D eigenvalue weighted by Gasteiger charge is 2.37. The van der Waals surface area contributed by atoms with Crippen molar-refractivity contribution >= 4 is 23.9 Å². The predicted octanol–water partition coefficient (Wildman–Crippen LogP) is 4.18. The number of piperidine rings is 1. The highest BCUT2D eigenvalue weighted by Crippen LogP contribution is 2.26. The minimum Gasteiger partial charge on any atom is -0.494 e. The molecule has 1 aromatic heterocycles. The molecule has 12 heteroatoms. The summed E-state index contributed by atoms with van der Waals surface area (Å²) in [6, 6.07) is 6.58. The van der Waals surface area contributed by atoms with Crippen LogP contribution in [0.4, 0.5) is 10.8 Å². The topological polar surface area (TPSA) is 153 Å². The second kappa shape index (κ2) is 14.8. The first kappa shape index (κ1) is 33.1. The number of likely N-dealkylation sites (tertiary alicyclic amines) is 1. The summed E-state index contributed by atoms with van der Waals surface area (Å²) in [7, 11) is 0. The van der Waals surface area contributed by atoms with Crippen molar-refractivity contribution in [3.8, 4) is 5.75 Å². The van der Waals surface area contributed by atoms with Gasteiger partial charge in [-0.1, -0.05) is 31.1 Å². The smallest absolute Gasteiger partial charge is 0.408 e. The molecule has 2 aliphatic heterocycles. The first-order valence-electron chi connectivity index (χ1n) is 15.8.